The molecule has 0 spiro atoms. The molecule has 1 heterocycles. The van der Waals surface area contributed by atoms with Crippen molar-refractivity contribution < 1.29 is 28.6 Å². The molecular weight excluding hydrogens is 418 g/mol. The van der Waals surface area contributed by atoms with Crippen molar-refractivity contribution in [3.05, 3.63) is 70.6 Å². The van der Waals surface area contributed by atoms with Crippen LogP contribution in [0.15, 0.2) is 59.5 Å². The van der Waals surface area contributed by atoms with Gasteiger partial charge in [-0.1, -0.05) is 30.3 Å². The highest BCUT2D eigenvalue weighted by Gasteiger charge is 2.25. The zero-order valence-corrected chi connectivity index (χ0v) is 17.4. The number of fused-ring (bicyclic) bond motifs is 1. The van der Waals surface area contributed by atoms with Gasteiger partial charge in [0.15, 0.2) is 11.5 Å². The van der Waals surface area contributed by atoms with Crippen LogP contribution in [-0.4, -0.2) is 31.3 Å². The first-order valence-electron chi connectivity index (χ1n) is 9.21. The Labute approximate surface area is 182 Å². The van der Waals surface area contributed by atoms with Gasteiger partial charge in [0.25, 0.3) is 11.1 Å². The van der Waals surface area contributed by atoms with Gasteiger partial charge in [-0.05, 0) is 53.1 Å². The molecule has 0 saturated carbocycles. The first kappa shape index (κ1) is 20.5. The third kappa shape index (κ3) is 4.10. The predicted octanol–water partition coefficient (Wildman–Crippen LogP) is 4.75. The number of methoxy groups -OCH3 is 2. The molecule has 1 aliphatic heterocycles. The third-order valence-electron chi connectivity index (χ3n) is 4.64. The molecule has 0 bridgehead atoms. The molecular formula is C23H17NO6S. The van der Waals surface area contributed by atoms with Crippen LogP contribution in [0.2, 0.25) is 0 Å². The monoisotopic (exact) mass is 435 g/mol. The predicted molar refractivity (Wildman–Crippen MR) is 117 cm³/mol. The fourth-order valence-electron chi connectivity index (χ4n) is 3.20. The summed E-state index contributed by atoms with van der Waals surface area (Å²) in [7, 11) is 2.85. The Morgan fingerprint density at radius 2 is 1.68 bits per heavy atom. The van der Waals surface area contributed by atoms with Crippen molar-refractivity contribution in [1.29, 1.82) is 0 Å². The summed E-state index contributed by atoms with van der Waals surface area (Å²) in [5.41, 5.74) is 1.13. The van der Waals surface area contributed by atoms with Gasteiger partial charge in [0.05, 0.1) is 24.7 Å². The maximum atomic E-state index is 12.1. The van der Waals surface area contributed by atoms with Crippen LogP contribution < -0.4 is 14.8 Å². The summed E-state index contributed by atoms with van der Waals surface area (Å²) < 4.78 is 16.4. The molecule has 1 N–H and O–H groups in total. The molecule has 2 amide bonds. The summed E-state index contributed by atoms with van der Waals surface area (Å²) in [6.45, 7) is 0. The molecule has 0 aliphatic carbocycles. The van der Waals surface area contributed by atoms with Crippen LogP contribution in [0.4, 0.5) is 4.79 Å². The Morgan fingerprint density at radius 1 is 0.935 bits per heavy atom. The van der Waals surface area contributed by atoms with Crippen LogP contribution in [-0.2, 0) is 9.53 Å². The molecule has 0 atom stereocenters. The number of esters is 1. The van der Waals surface area contributed by atoms with E-state index in [1.165, 1.54) is 14.2 Å². The minimum absolute atomic E-state index is 0.310. The number of nitrogens with one attached hydrogen (secondary N) is 1. The third-order valence-corrected chi connectivity index (χ3v) is 5.45. The van der Waals surface area contributed by atoms with Gasteiger partial charge in [0, 0.05) is 5.39 Å². The Balaban J connectivity index is 1.69. The second-order valence-electron chi connectivity index (χ2n) is 6.51. The maximum Gasteiger partial charge on any atom is 0.338 e. The van der Waals surface area contributed by atoms with Crippen molar-refractivity contribution in [2.24, 2.45) is 0 Å². The summed E-state index contributed by atoms with van der Waals surface area (Å²) >= 11 is 0.847. The Morgan fingerprint density at radius 3 is 2.35 bits per heavy atom. The van der Waals surface area contributed by atoms with Crippen molar-refractivity contribution in [3.8, 4) is 17.2 Å². The summed E-state index contributed by atoms with van der Waals surface area (Å²) in [6.07, 6.45) is 1.61. The van der Waals surface area contributed by atoms with E-state index < -0.39 is 17.1 Å². The highest BCUT2D eigenvalue weighted by atomic mass is 32.2. The zero-order chi connectivity index (χ0) is 22.0. The van der Waals surface area contributed by atoms with Crippen LogP contribution >= 0.6 is 11.8 Å². The van der Waals surface area contributed by atoms with Gasteiger partial charge in [0.2, 0.25) is 0 Å². The van der Waals surface area contributed by atoms with E-state index in [4.69, 9.17) is 14.2 Å². The minimum atomic E-state index is -0.426. The van der Waals surface area contributed by atoms with E-state index in [-0.39, 0.29) is 0 Å². The number of rotatable bonds is 5. The standard InChI is InChI=1S/C23H17NO6S/c1-28-19-11-13(12-20-21(25)24-23(27)31-20)7-9-18(19)30-17-10-8-16(22(26)29-2)14-5-3-4-6-15(14)17/h3-12H,1-2H3,(H,24,25,27)/b20-12-. The van der Waals surface area contributed by atoms with Gasteiger partial charge >= 0.3 is 5.97 Å². The fraction of sp³-hybridized carbons (Fsp3) is 0.0870. The number of hydrogen-bond donors (Lipinski definition) is 1. The van der Waals surface area contributed by atoms with Gasteiger partial charge in [-0.15, -0.1) is 0 Å². The molecule has 0 aromatic heterocycles. The van der Waals surface area contributed by atoms with Gasteiger partial charge in [-0.3, -0.25) is 14.9 Å². The van der Waals surface area contributed by atoms with Crippen molar-refractivity contribution in [3.63, 3.8) is 0 Å². The lowest BCUT2D eigenvalue weighted by Gasteiger charge is -2.14. The Kier molecular flexibility index (Phi) is 5.64. The highest BCUT2D eigenvalue weighted by Crippen LogP contribution is 2.37. The minimum Gasteiger partial charge on any atom is -0.493 e. The lowest BCUT2D eigenvalue weighted by Crippen LogP contribution is -2.17. The lowest BCUT2D eigenvalue weighted by molar-refractivity contribution is -0.115. The summed E-state index contributed by atoms with van der Waals surface area (Å²) in [5, 5.41) is 3.28. The number of benzene rings is 3. The molecule has 7 nitrogen and oxygen atoms in total. The second kappa shape index (κ2) is 8.53. The number of ether oxygens (including phenoxy) is 3. The lowest BCUT2D eigenvalue weighted by atomic mass is 10.0. The van der Waals surface area contributed by atoms with Gasteiger partial charge in [0.1, 0.15) is 5.75 Å². The SMILES string of the molecule is COC(=O)c1ccc(Oc2ccc(/C=C3\SC(=O)NC3=O)cc2OC)c2ccccc12. The molecule has 156 valence electrons. The molecule has 0 radical (unpaired) electrons. The van der Waals surface area contributed by atoms with Gasteiger partial charge in [-0.25, -0.2) is 4.79 Å². The van der Waals surface area contributed by atoms with Crippen molar-refractivity contribution in [1.82, 2.24) is 5.32 Å². The molecule has 4 rings (SSSR count). The van der Waals surface area contributed by atoms with Crippen LogP contribution in [0.25, 0.3) is 16.8 Å². The van der Waals surface area contributed by atoms with Gasteiger partial charge in [-0.2, -0.15) is 0 Å². The molecule has 0 unspecified atom stereocenters. The Hall–Kier alpha value is -3.78. The molecule has 3 aromatic rings. The van der Waals surface area contributed by atoms with Crippen LogP contribution in [0, 0.1) is 0 Å². The average Bonchev–Trinajstić information content (AvgIpc) is 3.10. The number of carbonyl (C=O) groups excluding carboxylic acids is 3. The van der Waals surface area contributed by atoms with Crippen LogP contribution in [0.5, 0.6) is 17.2 Å². The molecule has 1 aliphatic rings. The van der Waals surface area contributed by atoms with E-state index in [1.54, 1.807) is 36.4 Å². The van der Waals surface area contributed by atoms with E-state index in [0.29, 0.717) is 38.7 Å². The number of hydrogen-bond acceptors (Lipinski definition) is 7. The fourth-order valence-corrected chi connectivity index (χ4v) is 3.88. The summed E-state index contributed by atoms with van der Waals surface area (Å²) in [6, 6.07) is 15.9. The van der Waals surface area contributed by atoms with Crippen LogP contribution in [0.3, 0.4) is 0 Å². The quantitative estimate of drug-likeness (QED) is 0.457. The van der Waals surface area contributed by atoms with Gasteiger partial charge < -0.3 is 14.2 Å². The molecule has 1 fully saturated rings. The van der Waals surface area contributed by atoms with Crippen molar-refractivity contribution in [2.45, 2.75) is 0 Å². The number of imide groups is 1. The van der Waals surface area contributed by atoms with E-state index >= 15 is 0 Å². The van der Waals surface area contributed by atoms with Crippen molar-refractivity contribution >= 4 is 45.7 Å². The smallest absolute Gasteiger partial charge is 0.338 e. The number of carbonyl (C=O) groups is 3. The summed E-state index contributed by atoms with van der Waals surface area (Å²) in [4.78, 5) is 35.5. The largest absolute Gasteiger partial charge is 0.493 e. The first-order valence-corrected chi connectivity index (χ1v) is 10.0. The number of thioether (sulfide) groups is 1. The highest BCUT2D eigenvalue weighted by molar-refractivity contribution is 8.18. The van der Waals surface area contributed by atoms with Crippen LogP contribution in [0.1, 0.15) is 15.9 Å². The maximum absolute atomic E-state index is 12.1. The average molecular weight is 435 g/mol. The van der Waals surface area contributed by atoms with E-state index in [1.807, 2.05) is 24.3 Å². The first-order chi connectivity index (χ1) is 15.0. The Bertz CT molecular complexity index is 1250. The molecule has 8 heteroatoms. The van der Waals surface area contributed by atoms with E-state index in [0.717, 1.165) is 17.1 Å². The normalized spacial score (nSPS) is 14.6. The molecule has 3 aromatic carbocycles. The van der Waals surface area contributed by atoms with Crippen molar-refractivity contribution in [2.75, 3.05) is 14.2 Å². The topological polar surface area (TPSA) is 90.9 Å². The van der Waals surface area contributed by atoms with E-state index in [9.17, 15) is 14.4 Å². The molecule has 31 heavy (non-hydrogen) atoms. The second-order valence-corrected chi connectivity index (χ2v) is 7.53. The zero-order valence-electron chi connectivity index (χ0n) is 16.6. The summed E-state index contributed by atoms with van der Waals surface area (Å²) in [5.74, 6) is 0.603. The molecule has 1 saturated heterocycles. The van der Waals surface area contributed by atoms with E-state index in [2.05, 4.69) is 5.32 Å². The number of amides is 2.